The van der Waals surface area contributed by atoms with Crippen molar-refractivity contribution < 1.29 is 19.0 Å². The Labute approximate surface area is 234 Å². The third kappa shape index (κ3) is 7.23. The third-order valence-corrected chi connectivity index (χ3v) is 6.42. The van der Waals surface area contributed by atoms with Gasteiger partial charge in [-0.1, -0.05) is 78.9 Å². The van der Waals surface area contributed by atoms with Crippen molar-refractivity contribution in [2.75, 3.05) is 13.2 Å². The van der Waals surface area contributed by atoms with Crippen LogP contribution in [0.3, 0.4) is 0 Å². The van der Waals surface area contributed by atoms with Crippen LogP contribution in [0.4, 0.5) is 0 Å². The van der Waals surface area contributed by atoms with Gasteiger partial charge >= 0.3 is 5.97 Å². The molecule has 202 valence electrons. The molecule has 0 N–H and O–H groups in total. The standard InChI is InChI=1S/C34H32N2O4/c1-2-38-33(37)15-9-10-20-39-30-19-18-27-21-29(17-16-28(27)22-30)34-35-31(26-13-7-4-8-14-26)23-32(36-34)40-24-25-11-5-3-6-12-25/h3-8,11-14,16-19,21-23H,2,9-10,15,20,24H2,1H3. The topological polar surface area (TPSA) is 70.5 Å². The molecule has 0 saturated heterocycles. The Kier molecular flexibility index (Phi) is 8.99. The molecule has 6 nitrogen and oxygen atoms in total. The smallest absolute Gasteiger partial charge is 0.305 e. The highest BCUT2D eigenvalue weighted by atomic mass is 16.5. The van der Waals surface area contributed by atoms with Crippen molar-refractivity contribution in [2.45, 2.75) is 32.8 Å². The van der Waals surface area contributed by atoms with Gasteiger partial charge in [0.25, 0.3) is 0 Å². The first-order chi connectivity index (χ1) is 19.7. The van der Waals surface area contributed by atoms with Gasteiger partial charge < -0.3 is 14.2 Å². The van der Waals surface area contributed by atoms with Crippen LogP contribution >= 0.6 is 0 Å². The third-order valence-electron chi connectivity index (χ3n) is 6.42. The minimum Gasteiger partial charge on any atom is -0.494 e. The first-order valence-corrected chi connectivity index (χ1v) is 13.6. The van der Waals surface area contributed by atoms with E-state index in [-0.39, 0.29) is 5.97 Å². The van der Waals surface area contributed by atoms with Crippen molar-refractivity contribution in [2.24, 2.45) is 0 Å². The van der Waals surface area contributed by atoms with Crippen LogP contribution in [0, 0.1) is 0 Å². The van der Waals surface area contributed by atoms with Gasteiger partial charge in [0.1, 0.15) is 12.4 Å². The zero-order chi connectivity index (χ0) is 27.6. The van der Waals surface area contributed by atoms with Gasteiger partial charge in [-0.05, 0) is 54.3 Å². The van der Waals surface area contributed by atoms with Gasteiger partial charge in [0, 0.05) is 23.6 Å². The number of unbranched alkanes of at least 4 members (excludes halogenated alkanes) is 1. The van der Waals surface area contributed by atoms with E-state index in [4.69, 9.17) is 24.2 Å². The van der Waals surface area contributed by atoms with E-state index in [1.54, 1.807) is 0 Å². The molecule has 4 aromatic carbocycles. The Bertz CT molecular complexity index is 1560. The van der Waals surface area contributed by atoms with Crippen molar-refractivity contribution in [1.29, 1.82) is 0 Å². The molecular weight excluding hydrogens is 500 g/mol. The highest BCUT2D eigenvalue weighted by Gasteiger charge is 2.11. The summed E-state index contributed by atoms with van der Waals surface area (Å²) in [5.41, 5.74) is 3.79. The van der Waals surface area contributed by atoms with Gasteiger partial charge in [0.15, 0.2) is 5.82 Å². The lowest BCUT2D eigenvalue weighted by atomic mass is 10.1. The largest absolute Gasteiger partial charge is 0.494 e. The summed E-state index contributed by atoms with van der Waals surface area (Å²) in [6, 6.07) is 34.2. The lowest BCUT2D eigenvalue weighted by molar-refractivity contribution is -0.143. The van der Waals surface area contributed by atoms with E-state index in [0.29, 0.717) is 37.9 Å². The molecule has 0 radical (unpaired) electrons. The van der Waals surface area contributed by atoms with Crippen molar-refractivity contribution in [3.05, 3.63) is 109 Å². The van der Waals surface area contributed by atoms with Gasteiger partial charge in [-0.2, -0.15) is 4.98 Å². The second kappa shape index (κ2) is 13.4. The summed E-state index contributed by atoms with van der Waals surface area (Å²) in [5.74, 6) is 1.78. The Morgan fingerprint density at radius 1 is 0.725 bits per heavy atom. The summed E-state index contributed by atoms with van der Waals surface area (Å²) >= 11 is 0. The molecule has 40 heavy (non-hydrogen) atoms. The predicted molar refractivity (Wildman–Crippen MR) is 157 cm³/mol. The van der Waals surface area contributed by atoms with E-state index in [1.165, 1.54) is 0 Å². The fourth-order valence-electron chi connectivity index (χ4n) is 4.36. The van der Waals surface area contributed by atoms with Gasteiger partial charge in [-0.25, -0.2) is 4.98 Å². The summed E-state index contributed by atoms with van der Waals surface area (Å²) in [7, 11) is 0. The lowest BCUT2D eigenvalue weighted by Gasteiger charge is -2.11. The predicted octanol–water partition coefficient (Wildman–Crippen LogP) is 7.66. The Morgan fingerprint density at radius 3 is 2.27 bits per heavy atom. The molecule has 0 amide bonds. The summed E-state index contributed by atoms with van der Waals surface area (Å²) < 4.78 is 17.0. The molecule has 5 rings (SSSR count). The highest BCUT2D eigenvalue weighted by molar-refractivity contribution is 5.87. The zero-order valence-corrected chi connectivity index (χ0v) is 22.6. The maximum absolute atomic E-state index is 11.5. The summed E-state index contributed by atoms with van der Waals surface area (Å²) in [6.07, 6.45) is 1.96. The molecule has 0 bridgehead atoms. The van der Waals surface area contributed by atoms with Crippen LogP contribution in [0.2, 0.25) is 0 Å². The van der Waals surface area contributed by atoms with E-state index in [9.17, 15) is 4.79 Å². The van der Waals surface area contributed by atoms with Crippen LogP contribution in [0.1, 0.15) is 31.7 Å². The number of ether oxygens (including phenoxy) is 3. The monoisotopic (exact) mass is 532 g/mol. The van der Waals surface area contributed by atoms with Gasteiger partial charge in [-0.3, -0.25) is 4.79 Å². The minimum absolute atomic E-state index is 0.155. The molecule has 6 heteroatoms. The van der Waals surface area contributed by atoms with Crippen LogP contribution in [0.25, 0.3) is 33.4 Å². The molecule has 0 unspecified atom stereocenters. The number of esters is 1. The quantitative estimate of drug-likeness (QED) is 0.121. The number of aromatic nitrogens is 2. The number of hydrogen-bond donors (Lipinski definition) is 0. The van der Waals surface area contributed by atoms with Gasteiger partial charge in [0.2, 0.25) is 5.88 Å². The van der Waals surface area contributed by atoms with Crippen molar-refractivity contribution in [3.63, 3.8) is 0 Å². The van der Waals surface area contributed by atoms with Crippen molar-refractivity contribution in [1.82, 2.24) is 9.97 Å². The van der Waals surface area contributed by atoms with Crippen molar-refractivity contribution >= 4 is 16.7 Å². The number of carbonyl (C=O) groups is 1. The molecular formula is C34H32N2O4. The first-order valence-electron chi connectivity index (χ1n) is 13.6. The highest BCUT2D eigenvalue weighted by Crippen LogP contribution is 2.29. The molecule has 5 aromatic rings. The minimum atomic E-state index is -0.155. The SMILES string of the molecule is CCOC(=O)CCCCOc1ccc2cc(-c3nc(OCc4ccccc4)cc(-c4ccccc4)n3)ccc2c1. The summed E-state index contributed by atoms with van der Waals surface area (Å²) in [6.45, 7) is 3.21. The molecule has 0 atom stereocenters. The number of fused-ring (bicyclic) bond motifs is 1. The van der Waals surface area contributed by atoms with E-state index in [0.717, 1.165) is 51.7 Å². The van der Waals surface area contributed by atoms with Gasteiger partial charge in [-0.15, -0.1) is 0 Å². The van der Waals surface area contributed by atoms with Crippen LogP contribution in [0.5, 0.6) is 11.6 Å². The molecule has 1 aromatic heterocycles. The Hall–Kier alpha value is -4.71. The molecule has 1 heterocycles. The maximum atomic E-state index is 11.5. The lowest BCUT2D eigenvalue weighted by Crippen LogP contribution is -2.05. The van der Waals surface area contributed by atoms with Crippen LogP contribution in [-0.4, -0.2) is 29.2 Å². The number of benzene rings is 4. The zero-order valence-electron chi connectivity index (χ0n) is 22.6. The van der Waals surface area contributed by atoms with Gasteiger partial charge in [0.05, 0.1) is 18.9 Å². The Balaban J connectivity index is 1.33. The average Bonchev–Trinajstić information content (AvgIpc) is 3.00. The van der Waals surface area contributed by atoms with Crippen LogP contribution in [0.15, 0.2) is 103 Å². The van der Waals surface area contributed by atoms with E-state index < -0.39 is 0 Å². The first kappa shape index (κ1) is 26.9. The number of rotatable bonds is 12. The molecule has 0 fully saturated rings. The maximum Gasteiger partial charge on any atom is 0.305 e. The summed E-state index contributed by atoms with van der Waals surface area (Å²) in [4.78, 5) is 21.1. The summed E-state index contributed by atoms with van der Waals surface area (Å²) in [5, 5.41) is 2.13. The fourth-order valence-corrected chi connectivity index (χ4v) is 4.36. The Morgan fingerprint density at radius 2 is 1.48 bits per heavy atom. The van der Waals surface area contributed by atoms with Crippen LogP contribution < -0.4 is 9.47 Å². The van der Waals surface area contributed by atoms with E-state index >= 15 is 0 Å². The number of carbonyl (C=O) groups excluding carboxylic acids is 1. The second-order valence-corrected chi connectivity index (χ2v) is 9.39. The number of hydrogen-bond acceptors (Lipinski definition) is 6. The fraction of sp³-hybridized carbons (Fsp3) is 0.206. The van der Waals surface area contributed by atoms with E-state index in [1.807, 2.05) is 97.9 Å². The molecule has 0 aliphatic carbocycles. The molecule has 0 spiro atoms. The normalized spacial score (nSPS) is 10.8. The van der Waals surface area contributed by atoms with Crippen molar-refractivity contribution in [3.8, 4) is 34.3 Å². The molecule has 0 aliphatic rings. The second-order valence-electron chi connectivity index (χ2n) is 9.39. The number of nitrogens with zero attached hydrogens (tertiary/aromatic N) is 2. The molecule has 0 saturated carbocycles. The van der Waals surface area contributed by atoms with E-state index in [2.05, 4.69) is 12.1 Å². The van der Waals surface area contributed by atoms with Crippen LogP contribution in [-0.2, 0) is 16.1 Å². The molecule has 0 aliphatic heterocycles. The average molecular weight is 533 g/mol.